The third-order valence-electron chi connectivity index (χ3n) is 3.84. The highest BCUT2D eigenvalue weighted by Gasteiger charge is 2.16. The monoisotopic (exact) mass is 399 g/mol. The standard InChI is InChI=1S/C19H25N3O2.2ClH/c1-13(2)15-6-8-16(9-7-15)18(20)12-22-19(23)14(3)24-17-5-4-10-21-11-17;;/h4-11,13-14,18H,12,20H2,1-3H3,(H,22,23);2*1H. The number of carbonyl (C=O) groups excluding carboxylic acids is 1. The van der Waals surface area contributed by atoms with Crippen LogP contribution in [-0.4, -0.2) is 23.5 Å². The average molecular weight is 400 g/mol. The molecule has 0 saturated heterocycles. The van der Waals surface area contributed by atoms with Crippen molar-refractivity contribution in [2.45, 2.75) is 38.8 Å². The van der Waals surface area contributed by atoms with E-state index in [4.69, 9.17) is 10.5 Å². The Labute approximate surface area is 167 Å². The first-order chi connectivity index (χ1) is 11.5. The molecule has 2 unspecified atom stereocenters. The molecule has 5 nitrogen and oxygen atoms in total. The van der Waals surface area contributed by atoms with E-state index in [1.165, 1.54) is 5.56 Å². The summed E-state index contributed by atoms with van der Waals surface area (Å²) in [7, 11) is 0. The molecule has 0 radical (unpaired) electrons. The van der Waals surface area contributed by atoms with Crippen LogP contribution in [-0.2, 0) is 4.79 Å². The third-order valence-corrected chi connectivity index (χ3v) is 3.84. The SMILES string of the molecule is CC(Oc1cccnc1)C(=O)NCC(N)c1ccc(C(C)C)cc1.Cl.Cl. The lowest BCUT2D eigenvalue weighted by atomic mass is 9.99. The first kappa shape index (κ1) is 24.2. The van der Waals surface area contributed by atoms with Gasteiger partial charge in [0.2, 0.25) is 0 Å². The zero-order valence-corrected chi connectivity index (χ0v) is 16.8. The van der Waals surface area contributed by atoms with Crippen molar-refractivity contribution in [3.05, 3.63) is 59.9 Å². The van der Waals surface area contributed by atoms with Crippen molar-refractivity contribution in [3.8, 4) is 5.75 Å². The van der Waals surface area contributed by atoms with Gasteiger partial charge in [0.25, 0.3) is 5.91 Å². The summed E-state index contributed by atoms with van der Waals surface area (Å²) in [5.41, 5.74) is 8.43. The Bertz CT molecular complexity index is 652. The Morgan fingerprint density at radius 1 is 1.12 bits per heavy atom. The summed E-state index contributed by atoms with van der Waals surface area (Å²) in [6, 6.07) is 11.5. The maximum absolute atomic E-state index is 12.1. The molecular formula is C19H27Cl2N3O2. The van der Waals surface area contributed by atoms with Crippen LogP contribution in [0.25, 0.3) is 0 Å². The van der Waals surface area contributed by atoms with Gasteiger partial charge in [-0.1, -0.05) is 38.1 Å². The Kier molecular flexibility index (Phi) is 10.9. The Hall–Kier alpha value is -1.82. The molecule has 2 rings (SSSR count). The van der Waals surface area contributed by atoms with Gasteiger partial charge in [0.1, 0.15) is 5.75 Å². The topological polar surface area (TPSA) is 77.2 Å². The van der Waals surface area contributed by atoms with Crippen molar-refractivity contribution in [1.29, 1.82) is 0 Å². The number of pyridine rings is 1. The molecule has 1 aromatic carbocycles. The van der Waals surface area contributed by atoms with Crippen LogP contribution in [0.4, 0.5) is 0 Å². The van der Waals surface area contributed by atoms with Crippen LogP contribution < -0.4 is 15.8 Å². The average Bonchev–Trinajstić information content (AvgIpc) is 2.60. The molecule has 3 N–H and O–H groups in total. The molecule has 0 aliphatic rings. The van der Waals surface area contributed by atoms with Crippen LogP contribution in [0.1, 0.15) is 43.9 Å². The second kappa shape index (κ2) is 11.7. The predicted octanol–water partition coefficient (Wildman–Crippen LogP) is 3.63. The molecule has 7 heteroatoms. The van der Waals surface area contributed by atoms with Crippen molar-refractivity contribution in [1.82, 2.24) is 10.3 Å². The zero-order chi connectivity index (χ0) is 17.5. The summed E-state index contributed by atoms with van der Waals surface area (Å²) >= 11 is 0. The summed E-state index contributed by atoms with van der Waals surface area (Å²) < 4.78 is 5.54. The molecule has 1 aromatic heterocycles. The third kappa shape index (κ3) is 7.20. The fraction of sp³-hybridized carbons (Fsp3) is 0.368. The largest absolute Gasteiger partial charge is 0.479 e. The first-order valence-corrected chi connectivity index (χ1v) is 8.17. The van der Waals surface area contributed by atoms with Gasteiger partial charge in [0, 0.05) is 18.8 Å². The number of hydrogen-bond acceptors (Lipinski definition) is 4. The molecule has 0 aliphatic heterocycles. The van der Waals surface area contributed by atoms with Gasteiger partial charge in [-0.3, -0.25) is 9.78 Å². The molecule has 0 fully saturated rings. The summed E-state index contributed by atoms with van der Waals surface area (Å²) in [5.74, 6) is 0.849. The number of rotatable bonds is 7. The lowest BCUT2D eigenvalue weighted by molar-refractivity contribution is -0.127. The van der Waals surface area contributed by atoms with E-state index in [2.05, 4.69) is 36.3 Å². The molecule has 0 bridgehead atoms. The molecule has 2 atom stereocenters. The minimum atomic E-state index is -0.607. The lowest BCUT2D eigenvalue weighted by Crippen LogP contribution is -2.39. The maximum Gasteiger partial charge on any atom is 0.260 e. The van der Waals surface area contributed by atoms with E-state index in [1.54, 1.807) is 31.5 Å². The van der Waals surface area contributed by atoms with Crippen LogP contribution in [0, 0.1) is 0 Å². The smallest absolute Gasteiger partial charge is 0.260 e. The summed E-state index contributed by atoms with van der Waals surface area (Å²) in [6.07, 6.45) is 2.62. The highest BCUT2D eigenvalue weighted by atomic mass is 35.5. The molecular weight excluding hydrogens is 373 g/mol. The quantitative estimate of drug-likeness (QED) is 0.744. The molecule has 2 aromatic rings. The van der Waals surface area contributed by atoms with Crippen LogP contribution in [0.3, 0.4) is 0 Å². The normalized spacial score (nSPS) is 12.3. The van der Waals surface area contributed by atoms with Gasteiger partial charge in [0.15, 0.2) is 6.10 Å². The van der Waals surface area contributed by atoms with E-state index in [0.29, 0.717) is 18.2 Å². The van der Waals surface area contributed by atoms with Crippen LogP contribution in [0.15, 0.2) is 48.8 Å². The number of nitrogens with zero attached hydrogens (tertiary/aromatic N) is 1. The zero-order valence-electron chi connectivity index (χ0n) is 15.2. The summed E-state index contributed by atoms with van der Waals surface area (Å²) in [6.45, 7) is 6.36. The van der Waals surface area contributed by atoms with E-state index in [9.17, 15) is 4.79 Å². The number of hydrogen-bond donors (Lipinski definition) is 2. The van der Waals surface area contributed by atoms with Gasteiger partial charge < -0.3 is 15.8 Å². The van der Waals surface area contributed by atoms with E-state index in [1.807, 2.05) is 12.1 Å². The number of ether oxygens (including phenoxy) is 1. The molecule has 0 saturated carbocycles. The van der Waals surface area contributed by atoms with E-state index in [0.717, 1.165) is 5.56 Å². The van der Waals surface area contributed by atoms with Gasteiger partial charge in [-0.25, -0.2) is 0 Å². The number of benzene rings is 1. The van der Waals surface area contributed by atoms with Crippen molar-refractivity contribution in [2.24, 2.45) is 5.73 Å². The molecule has 0 aliphatic carbocycles. The molecule has 0 spiro atoms. The number of halogens is 2. The van der Waals surface area contributed by atoms with Crippen molar-refractivity contribution in [2.75, 3.05) is 6.54 Å². The second-order valence-corrected chi connectivity index (χ2v) is 6.12. The summed E-state index contributed by atoms with van der Waals surface area (Å²) in [4.78, 5) is 16.1. The number of nitrogens with one attached hydrogen (secondary N) is 1. The van der Waals surface area contributed by atoms with E-state index in [-0.39, 0.29) is 36.8 Å². The van der Waals surface area contributed by atoms with Crippen LogP contribution in [0.2, 0.25) is 0 Å². The number of carbonyl (C=O) groups is 1. The highest BCUT2D eigenvalue weighted by Crippen LogP contribution is 2.17. The van der Waals surface area contributed by atoms with Crippen LogP contribution >= 0.6 is 24.8 Å². The van der Waals surface area contributed by atoms with Gasteiger partial charge >= 0.3 is 0 Å². The molecule has 1 heterocycles. The Balaban J connectivity index is 0.00000312. The van der Waals surface area contributed by atoms with Crippen LogP contribution in [0.5, 0.6) is 5.75 Å². The molecule has 26 heavy (non-hydrogen) atoms. The van der Waals surface area contributed by atoms with Crippen molar-refractivity contribution < 1.29 is 9.53 Å². The van der Waals surface area contributed by atoms with Gasteiger partial charge in [0.05, 0.1) is 6.20 Å². The van der Waals surface area contributed by atoms with Gasteiger partial charge in [-0.05, 0) is 36.1 Å². The van der Waals surface area contributed by atoms with E-state index >= 15 is 0 Å². The van der Waals surface area contributed by atoms with Gasteiger partial charge in [-0.2, -0.15) is 0 Å². The minimum Gasteiger partial charge on any atom is -0.479 e. The fourth-order valence-electron chi connectivity index (χ4n) is 2.27. The predicted molar refractivity (Wildman–Crippen MR) is 109 cm³/mol. The highest BCUT2D eigenvalue weighted by molar-refractivity contribution is 5.85. The fourth-order valence-corrected chi connectivity index (χ4v) is 2.27. The van der Waals surface area contributed by atoms with E-state index < -0.39 is 6.10 Å². The van der Waals surface area contributed by atoms with Gasteiger partial charge in [-0.15, -0.1) is 24.8 Å². The first-order valence-electron chi connectivity index (χ1n) is 8.17. The number of nitrogens with two attached hydrogens (primary N) is 1. The Morgan fingerprint density at radius 3 is 2.27 bits per heavy atom. The second-order valence-electron chi connectivity index (χ2n) is 6.12. The van der Waals surface area contributed by atoms with Crippen molar-refractivity contribution >= 4 is 30.7 Å². The number of aromatic nitrogens is 1. The Morgan fingerprint density at radius 2 is 1.73 bits per heavy atom. The lowest BCUT2D eigenvalue weighted by Gasteiger charge is -2.17. The van der Waals surface area contributed by atoms with Crippen molar-refractivity contribution in [3.63, 3.8) is 0 Å². The summed E-state index contributed by atoms with van der Waals surface area (Å²) in [5, 5.41) is 2.83. The minimum absolute atomic E-state index is 0. The number of amides is 1. The maximum atomic E-state index is 12.1. The molecule has 1 amide bonds. The molecule has 144 valence electrons.